The van der Waals surface area contributed by atoms with E-state index in [1.165, 1.54) is 6.07 Å². The molecule has 0 unspecified atom stereocenters. The first-order chi connectivity index (χ1) is 8.49. The summed E-state index contributed by atoms with van der Waals surface area (Å²) in [6.07, 6.45) is 0. The van der Waals surface area contributed by atoms with Gasteiger partial charge >= 0.3 is 0 Å². The minimum absolute atomic E-state index is 0.00579. The maximum atomic E-state index is 13.3. The third kappa shape index (κ3) is 2.41. The summed E-state index contributed by atoms with van der Waals surface area (Å²) in [5, 5.41) is 0.643. The van der Waals surface area contributed by atoms with Gasteiger partial charge in [0.15, 0.2) is 5.75 Å². The van der Waals surface area contributed by atoms with Gasteiger partial charge in [0, 0.05) is 5.02 Å². The van der Waals surface area contributed by atoms with E-state index in [9.17, 15) is 4.39 Å². The highest BCUT2D eigenvalue weighted by Gasteiger charge is 2.11. The predicted octanol–water partition coefficient (Wildman–Crippen LogP) is 4.47. The van der Waals surface area contributed by atoms with Gasteiger partial charge < -0.3 is 10.5 Å². The highest BCUT2D eigenvalue weighted by atomic mass is 35.5. The Bertz CT molecular complexity index is 575. The number of benzene rings is 2. The van der Waals surface area contributed by atoms with E-state index in [-0.39, 0.29) is 5.69 Å². The maximum Gasteiger partial charge on any atom is 0.153 e. The Morgan fingerprint density at radius 2 is 1.78 bits per heavy atom. The monoisotopic (exact) mass is 265 g/mol. The number of halogens is 2. The number of nitrogen functional groups attached to an aromatic ring is 1. The molecule has 0 fully saturated rings. The summed E-state index contributed by atoms with van der Waals surface area (Å²) in [6.45, 7) is 3.76. The molecule has 4 heteroatoms. The van der Waals surface area contributed by atoms with Gasteiger partial charge in [-0.15, -0.1) is 0 Å². The first kappa shape index (κ1) is 12.7. The Hall–Kier alpha value is -1.74. The minimum Gasteiger partial charge on any atom is -0.455 e. The molecule has 2 aromatic rings. The lowest BCUT2D eigenvalue weighted by atomic mass is 10.1. The zero-order valence-corrected chi connectivity index (χ0v) is 10.9. The first-order valence-electron chi connectivity index (χ1n) is 5.47. The number of aryl methyl sites for hydroxylation is 2. The van der Waals surface area contributed by atoms with Crippen molar-refractivity contribution in [2.24, 2.45) is 0 Å². The van der Waals surface area contributed by atoms with E-state index in [0.717, 1.165) is 11.1 Å². The van der Waals surface area contributed by atoms with E-state index in [4.69, 9.17) is 22.1 Å². The van der Waals surface area contributed by atoms with E-state index < -0.39 is 5.82 Å². The smallest absolute Gasteiger partial charge is 0.153 e. The molecule has 94 valence electrons. The maximum absolute atomic E-state index is 13.3. The van der Waals surface area contributed by atoms with E-state index in [2.05, 4.69) is 0 Å². The molecule has 2 N–H and O–H groups in total. The fraction of sp³-hybridized carbons (Fsp3) is 0.143. The quantitative estimate of drug-likeness (QED) is 0.813. The number of anilines is 1. The summed E-state index contributed by atoms with van der Waals surface area (Å²) in [4.78, 5) is 0. The van der Waals surface area contributed by atoms with Crippen molar-refractivity contribution in [1.29, 1.82) is 0 Å². The molecule has 0 atom stereocenters. The lowest BCUT2D eigenvalue weighted by Crippen LogP contribution is -1.97. The molecule has 0 aliphatic carbocycles. The van der Waals surface area contributed by atoms with Gasteiger partial charge in [0.25, 0.3) is 0 Å². The van der Waals surface area contributed by atoms with E-state index in [0.29, 0.717) is 16.5 Å². The van der Waals surface area contributed by atoms with Gasteiger partial charge in [0.05, 0.1) is 0 Å². The van der Waals surface area contributed by atoms with E-state index >= 15 is 0 Å². The number of ether oxygens (including phenoxy) is 1. The first-order valence-corrected chi connectivity index (χ1v) is 5.85. The van der Waals surface area contributed by atoms with Gasteiger partial charge in [-0.2, -0.15) is 0 Å². The van der Waals surface area contributed by atoms with Crippen LogP contribution in [-0.2, 0) is 0 Å². The van der Waals surface area contributed by atoms with Crippen LogP contribution in [0.3, 0.4) is 0 Å². The third-order valence-corrected chi connectivity index (χ3v) is 2.87. The second kappa shape index (κ2) is 4.86. The normalized spacial score (nSPS) is 10.4. The van der Waals surface area contributed by atoms with Crippen LogP contribution in [-0.4, -0.2) is 0 Å². The zero-order valence-electron chi connectivity index (χ0n) is 10.1. The largest absolute Gasteiger partial charge is 0.455 e. The number of nitrogens with two attached hydrogens (primary N) is 1. The fourth-order valence-electron chi connectivity index (χ4n) is 1.77. The molecule has 0 heterocycles. The van der Waals surface area contributed by atoms with Gasteiger partial charge in [-0.25, -0.2) is 4.39 Å². The van der Waals surface area contributed by atoms with Crippen molar-refractivity contribution in [3.05, 3.63) is 52.3 Å². The standard InChI is InChI=1S/C14H13ClFNO/c1-8-6-10(15)7-9(2)14(8)18-12-5-3-4-11(16)13(12)17/h3-7H,17H2,1-2H3. The van der Waals surface area contributed by atoms with Gasteiger partial charge in [-0.1, -0.05) is 17.7 Å². The molecule has 0 bridgehead atoms. The molecule has 2 nitrogen and oxygen atoms in total. The molecule has 0 amide bonds. The van der Waals surface area contributed by atoms with Crippen LogP contribution in [0.1, 0.15) is 11.1 Å². The van der Waals surface area contributed by atoms with Crippen molar-refractivity contribution in [2.45, 2.75) is 13.8 Å². The second-order valence-corrected chi connectivity index (χ2v) is 4.56. The summed E-state index contributed by atoms with van der Waals surface area (Å²) in [6, 6.07) is 8.07. The van der Waals surface area contributed by atoms with Crippen LogP contribution >= 0.6 is 11.6 Å². The Kier molecular flexibility index (Phi) is 3.43. The SMILES string of the molecule is Cc1cc(Cl)cc(C)c1Oc1cccc(F)c1N. The summed E-state index contributed by atoms with van der Waals surface area (Å²) in [7, 11) is 0. The predicted molar refractivity (Wildman–Crippen MR) is 71.8 cm³/mol. The van der Waals surface area contributed by atoms with Crippen LogP contribution in [0.25, 0.3) is 0 Å². The molecule has 0 saturated carbocycles. The lowest BCUT2D eigenvalue weighted by molar-refractivity contribution is 0.473. The van der Waals surface area contributed by atoms with Crippen LogP contribution in [0.5, 0.6) is 11.5 Å². The summed E-state index contributed by atoms with van der Waals surface area (Å²) >= 11 is 5.94. The van der Waals surface area contributed by atoms with Gasteiger partial charge in [-0.05, 0) is 49.2 Å². The highest BCUT2D eigenvalue weighted by molar-refractivity contribution is 6.30. The van der Waals surface area contributed by atoms with Crippen molar-refractivity contribution in [1.82, 2.24) is 0 Å². The molecular formula is C14H13ClFNO. The Balaban J connectivity index is 2.43. The Labute approximate surface area is 110 Å². The van der Waals surface area contributed by atoms with Crippen molar-refractivity contribution in [3.8, 4) is 11.5 Å². The topological polar surface area (TPSA) is 35.2 Å². The van der Waals surface area contributed by atoms with Gasteiger partial charge in [-0.3, -0.25) is 0 Å². The molecular weight excluding hydrogens is 253 g/mol. The minimum atomic E-state index is -0.489. The molecule has 2 aromatic carbocycles. The van der Waals surface area contributed by atoms with Crippen molar-refractivity contribution < 1.29 is 9.13 Å². The fourth-order valence-corrected chi connectivity index (χ4v) is 2.10. The number of para-hydroxylation sites is 1. The molecule has 2 rings (SSSR count). The number of hydrogen-bond acceptors (Lipinski definition) is 2. The van der Waals surface area contributed by atoms with Crippen LogP contribution < -0.4 is 10.5 Å². The van der Waals surface area contributed by atoms with Crippen LogP contribution in [0, 0.1) is 19.7 Å². The average Bonchev–Trinajstić information content (AvgIpc) is 2.28. The molecule has 0 radical (unpaired) electrons. The van der Waals surface area contributed by atoms with Crippen LogP contribution in [0.2, 0.25) is 5.02 Å². The summed E-state index contributed by atoms with van der Waals surface area (Å²) in [5.74, 6) is 0.469. The number of hydrogen-bond donors (Lipinski definition) is 1. The third-order valence-electron chi connectivity index (χ3n) is 2.65. The molecule has 0 aliphatic rings. The zero-order chi connectivity index (χ0) is 13.3. The summed E-state index contributed by atoms with van der Waals surface area (Å²) in [5.41, 5.74) is 7.40. The number of rotatable bonds is 2. The second-order valence-electron chi connectivity index (χ2n) is 4.12. The summed E-state index contributed by atoms with van der Waals surface area (Å²) < 4.78 is 19.0. The average molecular weight is 266 g/mol. The van der Waals surface area contributed by atoms with Crippen molar-refractivity contribution >= 4 is 17.3 Å². The van der Waals surface area contributed by atoms with Gasteiger partial charge in [0.2, 0.25) is 0 Å². The lowest BCUT2D eigenvalue weighted by Gasteiger charge is -2.14. The molecule has 0 aliphatic heterocycles. The van der Waals surface area contributed by atoms with Crippen LogP contribution in [0.15, 0.2) is 30.3 Å². The molecule has 18 heavy (non-hydrogen) atoms. The van der Waals surface area contributed by atoms with Crippen LogP contribution in [0.4, 0.5) is 10.1 Å². The van der Waals surface area contributed by atoms with Crippen molar-refractivity contribution in [2.75, 3.05) is 5.73 Å². The molecule has 0 aromatic heterocycles. The van der Waals surface area contributed by atoms with E-state index in [1.54, 1.807) is 24.3 Å². The Morgan fingerprint density at radius 1 is 1.17 bits per heavy atom. The highest BCUT2D eigenvalue weighted by Crippen LogP contribution is 2.34. The van der Waals surface area contributed by atoms with Crippen molar-refractivity contribution in [3.63, 3.8) is 0 Å². The molecule has 0 spiro atoms. The molecule has 0 saturated heterocycles. The Morgan fingerprint density at radius 3 is 2.39 bits per heavy atom. The van der Waals surface area contributed by atoms with E-state index in [1.807, 2.05) is 13.8 Å². The van der Waals surface area contributed by atoms with Gasteiger partial charge in [0.1, 0.15) is 17.3 Å².